The Morgan fingerprint density at radius 2 is 1.60 bits per heavy atom. The maximum absolute atomic E-state index is 11.1. The van der Waals surface area contributed by atoms with E-state index in [1.54, 1.807) is 7.11 Å². The number of para-hydroxylation sites is 2. The van der Waals surface area contributed by atoms with Crippen LogP contribution in [0.1, 0.15) is 90.4 Å². The number of methoxy groups -OCH3 is 2. The average Bonchev–Trinajstić information content (AvgIpc) is 2.77. The van der Waals surface area contributed by atoms with Gasteiger partial charge in [-0.05, 0) is 44.2 Å². The molecule has 1 aromatic rings. The molecule has 0 fully saturated rings. The zero-order valence-corrected chi connectivity index (χ0v) is 19.4. The van der Waals surface area contributed by atoms with Crippen molar-refractivity contribution in [2.75, 3.05) is 14.2 Å². The number of rotatable bonds is 18. The highest BCUT2D eigenvalue weighted by Crippen LogP contribution is 2.28. The fourth-order valence-corrected chi connectivity index (χ4v) is 3.45. The first-order valence-corrected chi connectivity index (χ1v) is 11.7. The van der Waals surface area contributed by atoms with Crippen molar-refractivity contribution in [3.63, 3.8) is 0 Å². The van der Waals surface area contributed by atoms with E-state index in [9.17, 15) is 4.79 Å². The van der Waals surface area contributed by atoms with Gasteiger partial charge in [-0.3, -0.25) is 4.79 Å². The van der Waals surface area contributed by atoms with Gasteiger partial charge in [-0.1, -0.05) is 69.7 Å². The Hall–Kier alpha value is -1.97. The molecule has 0 heterocycles. The number of hydrogen-bond acceptors (Lipinski definition) is 4. The number of ether oxygens (including phenoxy) is 3. The van der Waals surface area contributed by atoms with Crippen molar-refractivity contribution < 1.29 is 19.0 Å². The first kappa shape index (κ1) is 26.1. The van der Waals surface area contributed by atoms with Gasteiger partial charge in [0.25, 0.3) is 0 Å². The summed E-state index contributed by atoms with van der Waals surface area (Å²) in [5, 5.41) is 0. The van der Waals surface area contributed by atoms with Crippen molar-refractivity contribution in [1.82, 2.24) is 0 Å². The minimum Gasteiger partial charge on any atom is -0.493 e. The molecule has 0 saturated heterocycles. The van der Waals surface area contributed by atoms with Gasteiger partial charge in [0.15, 0.2) is 11.5 Å². The molecule has 0 aromatic heterocycles. The number of hydrogen-bond donors (Lipinski definition) is 0. The van der Waals surface area contributed by atoms with Gasteiger partial charge in [-0.15, -0.1) is 0 Å². The molecule has 0 saturated carbocycles. The molecule has 0 N–H and O–H groups in total. The molecule has 1 aromatic carbocycles. The lowest BCUT2D eigenvalue weighted by atomic mass is 10.1. The zero-order chi connectivity index (χ0) is 21.9. The lowest BCUT2D eigenvalue weighted by molar-refractivity contribution is -0.140. The Morgan fingerprint density at radius 1 is 0.900 bits per heavy atom. The summed E-state index contributed by atoms with van der Waals surface area (Å²) in [4.78, 5) is 11.1. The quantitative estimate of drug-likeness (QED) is 0.143. The van der Waals surface area contributed by atoms with Crippen molar-refractivity contribution in [3.05, 3.63) is 36.4 Å². The predicted molar refractivity (Wildman–Crippen MR) is 124 cm³/mol. The Morgan fingerprint density at radius 3 is 2.33 bits per heavy atom. The van der Waals surface area contributed by atoms with Crippen LogP contribution in [0.2, 0.25) is 0 Å². The molecule has 1 rings (SSSR count). The maximum atomic E-state index is 11.1. The summed E-state index contributed by atoms with van der Waals surface area (Å²) < 4.78 is 16.4. The van der Waals surface area contributed by atoms with Gasteiger partial charge in [0, 0.05) is 12.8 Å². The third-order valence-corrected chi connectivity index (χ3v) is 5.29. The van der Waals surface area contributed by atoms with E-state index < -0.39 is 0 Å². The van der Waals surface area contributed by atoms with Crippen LogP contribution in [0.4, 0.5) is 0 Å². The Bertz CT molecular complexity index is 582. The third-order valence-electron chi connectivity index (χ3n) is 5.29. The Labute approximate surface area is 184 Å². The smallest absolute Gasteiger partial charge is 0.305 e. The molecule has 4 nitrogen and oxygen atoms in total. The zero-order valence-electron chi connectivity index (χ0n) is 19.4. The fourth-order valence-electron chi connectivity index (χ4n) is 3.45. The van der Waals surface area contributed by atoms with Crippen LogP contribution < -0.4 is 9.47 Å². The minimum atomic E-state index is -0.0995. The fraction of sp³-hybridized carbons (Fsp3) is 0.654. The molecule has 0 aliphatic rings. The van der Waals surface area contributed by atoms with Crippen molar-refractivity contribution in [3.8, 4) is 11.5 Å². The highest BCUT2D eigenvalue weighted by atomic mass is 16.5. The van der Waals surface area contributed by atoms with Crippen LogP contribution in [0.5, 0.6) is 11.5 Å². The molecule has 0 aliphatic carbocycles. The van der Waals surface area contributed by atoms with Gasteiger partial charge < -0.3 is 14.2 Å². The molecule has 0 amide bonds. The van der Waals surface area contributed by atoms with E-state index in [0.717, 1.165) is 43.6 Å². The molecule has 1 unspecified atom stereocenters. The van der Waals surface area contributed by atoms with Crippen LogP contribution in [0.3, 0.4) is 0 Å². The number of allylic oxidation sites excluding steroid dienone is 1. The molecule has 0 bridgehead atoms. The van der Waals surface area contributed by atoms with E-state index in [1.807, 2.05) is 24.3 Å². The molecule has 1 atom stereocenters. The van der Waals surface area contributed by atoms with Crippen LogP contribution in [-0.4, -0.2) is 26.3 Å². The van der Waals surface area contributed by atoms with Gasteiger partial charge in [-0.2, -0.15) is 0 Å². The maximum Gasteiger partial charge on any atom is 0.305 e. The number of carbonyl (C=O) groups excluding carboxylic acids is 1. The van der Waals surface area contributed by atoms with E-state index >= 15 is 0 Å². The van der Waals surface area contributed by atoms with Gasteiger partial charge in [0.1, 0.15) is 6.10 Å². The van der Waals surface area contributed by atoms with E-state index in [-0.39, 0.29) is 12.1 Å². The van der Waals surface area contributed by atoms with Crippen LogP contribution in [-0.2, 0) is 9.53 Å². The Balaban J connectivity index is 2.31. The van der Waals surface area contributed by atoms with Crippen molar-refractivity contribution in [2.24, 2.45) is 0 Å². The normalized spacial score (nSPS) is 12.1. The first-order chi connectivity index (χ1) is 14.7. The second-order valence-electron chi connectivity index (χ2n) is 7.83. The number of carbonyl (C=O) groups is 1. The summed E-state index contributed by atoms with van der Waals surface area (Å²) in [6.07, 6.45) is 19.0. The van der Waals surface area contributed by atoms with E-state index in [2.05, 4.69) is 23.8 Å². The predicted octanol–water partition coefficient (Wildman–Crippen LogP) is 7.26. The summed E-state index contributed by atoms with van der Waals surface area (Å²) in [6, 6.07) is 7.90. The molecule has 0 spiro atoms. The van der Waals surface area contributed by atoms with Crippen molar-refractivity contribution >= 4 is 5.97 Å². The number of unbranched alkanes of at least 4 members (excludes halogenated alkanes) is 8. The van der Waals surface area contributed by atoms with Crippen LogP contribution in [0.15, 0.2) is 36.4 Å². The average molecular weight is 419 g/mol. The minimum absolute atomic E-state index is 0.0995. The highest BCUT2D eigenvalue weighted by Gasteiger charge is 2.12. The van der Waals surface area contributed by atoms with E-state index in [0.29, 0.717) is 6.42 Å². The monoisotopic (exact) mass is 418 g/mol. The molecule has 4 heteroatoms. The Kier molecular flexibility index (Phi) is 15.5. The molecular weight excluding hydrogens is 376 g/mol. The van der Waals surface area contributed by atoms with Crippen LogP contribution in [0.25, 0.3) is 0 Å². The summed E-state index contributed by atoms with van der Waals surface area (Å²) in [5.41, 5.74) is 0. The largest absolute Gasteiger partial charge is 0.493 e. The van der Waals surface area contributed by atoms with Crippen LogP contribution >= 0.6 is 0 Å². The third kappa shape index (κ3) is 12.6. The summed E-state index contributed by atoms with van der Waals surface area (Å²) in [7, 11) is 3.14. The lowest BCUT2D eigenvalue weighted by Crippen LogP contribution is -2.16. The standard InChI is InChI=1S/C26H42O4/c1-4-5-6-13-18-23(30-25-21-17-16-20-24(25)28-2)19-14-11-9-7-8-10-12-15-22-26(27)29-3/h11,14,16-17,20-21,23H,4-10,12-13,15,18-19,22H2,1-3H3/b14-11-. The van der Waals surface area contributed by atoms with E-state index in [1.165, 1.54) is 52.1 Å². The second kappa shape index (κ2) is 17.9. The molecule has 0 radical (unpaired) electrons. The number of benzene rings is 1. The topological polar surface area (TPSA) is 44.8 Å². The first-order valence-electron chi connectivity index (χ1n) is 11.7. The van der Waals surface area contributed by atoms with Gasteiger partial charge in [0.05, 0.1) is 14.2 Å². The van der Waals surface area contributed by atoms with Gasteiger partial charge in [-0.25, -0.2) is 0 Å². The summed E-state index contributed by atoms with van der Waals surface area (Å²) in [5.74, 6) is 1.53. The summed E-state index contributed by atoms with van der Waals surface area (Å²) >= 11 is 0. The highest BCUT2D eigenvalue weighted by molar-refractivity contribution is 5.68. The molecule has 30 heavy (non-hydrogen) atoms. The summed E-state index contributed by atoms with van der Waals surface area (Å²) in [6.45, 7) is 2.24. The number of esters is 1. The molecular formula is C26H42O4. The van der Waals surface area contributed by atoms with Gasteiger partial charge >= 0.3 is 5.97 Å². The second-order valence-corrected chi connectivity index (χ2v) is 7.83. The van der Waals surface area contributed by atoms with Crippen molar-refractivity contribution in [2.45, 2.75) is 96.5 Å². The molecule has 170 valence electrons. The lowest BCUT2D eigenvalue weighted by Gasteiger charge is -2.19. The van der Waals surface area contributed by atoms with Crippen molar-refractivity contribution in [1.29, 1.82) is 0 Å². The van der Waals surface area contributed by atoms with Crippen LogP contribution in [0, 0.1) is 0 Å². The van der Waals surface area contributed by atoms with E-state index in [4.69, 9.17) is 9.47 Å². The SMILES string of the molecule is CCCCCCC(C/C=C\CCCCCCCC(=O)OC)Oc1ccccc1OC. The van der Waals surface area contributed by atoms with Gasteiger partial charge in [0.2, 0.25) is 0 Å². The molecule has 0 aliphatic heterocycles.